The van der Waals surface area contributed by atoms with Crippen molar-refractivity contribution in [2.45, 2.75) is 71.8 Å². The number of carboxylic acid groups (broad SMARTS) is 3. The first-order valence-electron chi connectivity index (χ1n) is 14.9. The van der Waals surface area contributed by atoms with Gasteiger partial charge in [-0.2, -0.15) is 0 Å². The number of aromatic amines is 2. The van der Waals surface area contributed by atoms with Gasteiger partial charge in [-0.3, -0.25) is 15.0 Å². The lowest BCUT2D eigenvalue weighted by Crippen LogP contribution is -2.18. The van der Waals surface area contributed by atoms with E-state index in [4.69, 9.17) is 9.97 Å². The van der Waals surface area contributed by atoms with Crippen LogP contribution in [0.25, 0.3) is 33.2 Å². The summed E-state index contributed by atoms with van der Waals surface area (Å²) in [5, 5.41) is 40.1. The number of aryl methyl sites for hydroxylation is 3. The van der Waals surface area contributed by atoms with E-state index < -0.39 is 35.8 Å². The molecule has 0 amide bonds. The minimum absolute atomic E-state index is 0.0590. The smallest absolute Gasteiger partial charge is 0.341 e. The molecule has 3 aromatic heterocycles. The van der Waals surface area contributed by atoms with E-state index in [-0.39, 0.29) is 35.2 Å². The Bertz CT molecular complexity index is 2000. The molecule has 0 saturated carbocycles. The standard InChI is InChI=1S/C34H36N4O8/c1-7-18-14(3)21-11-23-16(5)20(9-10-27(39)40)30(37-23)29(32(46-45)34(43)44)31-28(33(41)42)17(6)24(38-31)13-26-19(8-2)15(4)22(36-26)12-25(18)35-21/h7,11-13,16,20,32,36,38,45H,1,8-10H2,2-6H3,(H,39,40)(H,41,42)(H,43,44)/t16-,20-,32?/m0/s1. The summed E-state index contributed by atoms with van der Waals surface area (Å²) in [6, 6.07) is 5.49. The quantitative estimate of drug-likeness (QED) is 0.110. The van der Waals surface area contributed by atoms with Crippen LogP contribution in [0, 0.1) is 13.8 Å². The lowest BCUT2D eigenvalue weighted by atomic mass is 9.84. The second-order valence-electron chi connectivity index (χ2n) is 11.7. The maximum Gasteiger partial charge on any atom is 0.341 e. The first-order valence-corrected chi connectivity index (χ1v) is 14.9. The normalized spacial score (nSPS) is 16.8. The van der Waals surface area contributed by atoms with E-state index in [9.17, 15) is 35.0 Å². The minimum atomic E-state index is -2.04. The van der Waals surface area contributed by atoms with E-state index in [1.165, 1.54) is 0 Å². The van der Waals surface area contributed by atoms with E-state index in [1.807, 2.05) is 33.8 Å². The Morgan fingerprint density at radius 1 is 1.00 bits per heavy atom. The van der Waals surface area contributed by atoms with Gasteiger partial charge in [0.15, 0.2) is 0 Å². The highest BCUT2D eigenvalue weighted by Gasteiger charge is 2.38. The number of carboxylic acids is 3. The fraction of sp³-hybridized carbons (Fsp3) is 0.324. The molecule has 6 N–H and O–H groups in total. The highest BCUT2D eigenvalue weighted by molar-refractivity contribution is 6.03. The van der Waals surface area contributed by atoms with Crippen molar-refractivity contribution in [2.75, 3.05) is 0 Å². The SMILES string of the molecule is C=CC1=C(C)c2cc3nc(c(C(OO)C(=O)O)c4[nH]c(cc5[nH]c(cc1n2)c(C)c5CC)c(C)c4C(=O)O)[C@@H](CCC(=O)O)[C@@H]3C. The number of aliphatic carboxylic acids is 2. The molecule has 3 aromatic rings. The van der Waals surface area contributed by atoms with Crippen LogP contribution >= 0.6 is 0 Å². The van der Waals surface area contributed by atoms with Gasteiger partial charge in [-0.15, -0.1) is 0 Å². The topological polar surface area (TPSA) is 199 Å². The maximum atomic E-state index is 12.8. The molecule has 0 aromatic carbocycles. The second-order valence-corrected chi connectivity index (χ2v) is 11.7. The molecule has 5 rings (SSSR count). The lowest BCUT2D eigenvalue weighted by Gasteiger charge is -2.19. The average Bonchev–Trinajstić information content (AvgIpc) is 3.67. The predicted octanol–water partition coefficient (Wildman–Crippen LogP) is 6.68. The van der Waals surface area contributed by atoms with Crippen LogP contribution in [0.4, 0.5) is 0 Å². The summed E-state index contributed by atoms with van der Waals surface area (Å²) in [5.74, 6) is -5.08. The third-order valence-corrected chi connectivity index (χ3v) is 9.15. The summed E-state index contributed by atoms with van der Waals surface area (Å²) in [5.41, 5.74) is 7.23. The molecule has 12 heteroatoms. The summed E-state index contributed by atoms with van der Waals surface area (Å²) in [6.07, 6.45) is 0.151. The molecule has 0 saturated heterocycles. The van der Waals surface area contributed by atoms with Crippen molar-refractivity contribution in [1.82, 2.24) is 19.9 Å². The Kier molecular flexibility index (Phi) is 8.70. The number of nitrogens with one attached hydrogen (secondary N) is 2. The summed E-state index contributed by atoms with van der Waals surface area (Å²) in [4.78, 5) is 57.8. The highest BCUT2D eigenvalue weighted by atomic mass is 17.1. The Hall–Kier alpha value is -5.07. The van der Waals surface area contributed by atoms with Gasteiger partial charge >= 0.3 is 17.9 Å². The molecule has 0 spiro atoms. The van der Waals surface area contributed by atoms with Crippen LogP contribution in [0.2, 0.25) is 0 Å². The van der Waals surface area contributed by atoms with Crippen molar-refractivity contribution in [2.24, 2.45) is 0 Å². The Morgan fingerprint density at radius 3 is 2.28 bits per heavy atom. The number of allylic oxidation sites excluding steroid dienone is 3. The van der Waals surface area contributed by atoms with Crippen LogP contribution in [0.5, 0.6) is 0 Å². The molecular weight excluding hydrogens is 592 g/mol. The van der Waals surface area contributed by atoms with Gasteiger partial charge in [0.05, 0.1) is 28.2 Å². The van der Waals surface area contributed by atoms with Crippen molar-refractivity contribution in [1.29, 1.82) is 0 Å². The number of aromatic nitrogens is 4. The van der Waals surface area contributed by atoms with Crippen LogP contribution in [0.1, 0.15) is 107 Å². The number of fused-ring (bicyclic) bond motifs is 8. The molecule has 5 heterocycles. The van der Waals surface area contributed by atoms with E-state index in [0.717, 1.165) is 33.3 Å². The second kappa shape index (κ2) is 12.4. The average molecular weight is 629 g/mol. The number of nitrogens with zero attached hydrogens (tertiary/aromatic N) is 2. The van der Waals surface area contributed by atoms with Crippen molar-refractivity contribution < 1.29 is 39.8 Å². The van der Waals surface area contributed by atoms with Crippen LogP contribution in [0.3, 0.4) is 0 Å². The molecule has 0 radical (unpaired) electrons. The van der Waals surface area contributed by atoms with Gasteiger partial charge in [0, 0.05) is 51.6 Å². The molecule has 12 nitrogen and oxygen atoms in total. The van der Waals surface area contributed by atoms with E-state index in [0.29, 0.717) is 34.6 Å². The van der Waals surface area contributed by atoms with Crippen molar-refractivity contribution in [3.8, 4) is 0 Å². The lowest BCUT2D eigenvalue weighted by molar-refractivity contribution is -0.279. The number of H-pyrrole nitrogens is 2. The summed E-state index contributed by atoms with van der Waals surface area (Å²) in [6.45, 7) is 13.3. The fourth-order valence-corrected chi connectivity index (χ4v) is 6.63. The van der Waals surface area contributed by atoms with Crippen molar-refractivity contribution >= 4 is 51.1 Å². The number of hydrogen-bond donors (Lipinski definition) is 6. The van der Waals surface area contributed by atoms with Crippen LogP contribution in [0.15, 0.2) is 30.9 Å². The number of rotatable bonds is 9. The molecule has 3 atom stereocenters. The molecule has 0 aliphatic carbocycles. The van der Waals surface area contributed by atoms with Crippen LogP contribution < -0.4 is 0 Å². The first-order chi connectivity index (χ1) is 21.8. The molecule has 240 valence electrons. The Morgan fingerprint density at radius 2 is 1.70 bits per heavy atom. The maximum absolute atomic E-state index is 12.8. The summed E-state index contributed by atoms with van der Waals surface area (Å²) >= 11 is 0. The van der Waals surface area contributed by atoms with E-state index in [2.05, 4.69) is 21.4 Å². The van der Waals surface area contributed by atoms with E-state index >= 15 is 0 Å². The van der Waals surface area contributed by atoms with Gasteiger partial charge in [-0.1, -0.05) is 26.5 Å². The molecule has 2 aliphatic heterocycles. The molecule has 0 fully saturated rings. The van der Waals surface area contributed by atoms with Gasteiger partial charge < -0.3 is 25.3 Å². The van der Waals surface area contributed by atoms with E-state index in [1.54, 1.807) is 25.1 Å². The van der Waals surface area contributed by atoms with Crippen molar-refractivity contribution in [3.63, 3.8) is 0 Å². The van der Waals surface area contributed by atoms with Crippen molar-refractivity contribution in [3.05, 3.63) is 81.4 Å². The molecule has 46 heavy (non-hydrogen) atoms. The number of hydrogen-bond acceptors (Lipinski definition) is 7. The zero-order valence-corrected chi connectivity index (χ0v) is 26.2. The summed E-state index contributed by atoms with van der Waals surface area (Å²) in [7, 11) is 0. The third-order valence-electron chi connectivity index (χ3n) is 9.15. The number of carbonyl (C=O) groups is 3. The number of aromatic carboxylic acids is 1. The van der Waals surface area contributed by atoms with Gasteiger partial charge in [-0.25, -0.2) is 19.5 Å². The fourth-order valence-electron chi connectivity index (χ4n) is 6.63. The zero-order valence-electron chi connectivity index (χ0n) is 26.2. The van der Waals surface area contributed by atoms with Crippen LogP contribution in [-0.4, -0.2) is 58.4 Å². The highest BCUT2D eigenvalue weighted by Crippen LogP contribution is 2.45. The van der Waals surface area contributed by atoms with Gasteiger partial charge in [0.25, 0.3) is 0 Å². The third kappa shape index (κ3) is 5.39. The molecule has 2 aliphatic rings. The minimum Gasteiger partial charge on any atom is -0.481 e. The first kappa shape index (κ1) is 32.3. The molecule has 1 unspecified atom stereocenters. The zero-order chi connectivity index (χ0) is 33.6. The van der Waals surface area contributed by atoms with Gasteiger partial charge in [0.1, 0.15) is 0 Å². The van der Waals surface area contributed by atoms with Crippen LogP contribution in [-0.2, 0) is 20.9 Å². The predicted molar refractivity (Wildman–Crippen MR) is 172 cm³/mol. The van der Waals surface area contributed by atoms with Gasteiger partial charge in [0.2, 0.25) is 6.10 Å². The largest absolute Gasteiger partial charge is 0.481 e. The van der Waals surface area contributed by atoms with Gasteiger partial charge in [-0.05, 0) is 74.1 Å². The Balaban J connectivity index is 2.09. The monoisotopic (exact) mass is 628 g/mol. The Labute approximate surface area is 264 Å². The molecule has 8 bridgehead atoms. The molecular formula is C34H36N4O8. The summed E-state index contributed by atoms with van der Waals surface area (Å²) < 4.78 is 0.